The maximum absolute atomic E-state index is 6.51. The molecular formula is C26H28N4O. The molecule has 1 unspecified atom stereocenters. The van der Waals surface area contributed by atoms with E-state index in [4.69, 9.17) is 10.5 Å². The molecule has 1 fully saturated rings. The van der Waals surface area contributed by atoms with Crippen molar-refractivity contribution in [1.82, 2.24) is 4.98 Å². The van der Waals surface area contributed by atoms with Crippen molar-refractivity contribution in [3.05, 3.63) is 90.3 Å². The molecule has 1 atom stereocenters. The summed E-state index contributed by atoms with van der Waals surface area (Å²) in [5, 5.41) is 3.63. The summed E-state index contributed by atoms with van der Waals surface area (Å²) in [7, 11) is 0. The predicted octanol–water partition coefficient (Wildman–Crippen LogP) is 4.91. The molecule has 3 aromatic rings. The van der Waals surface area contributed by atoms with Gasteiger partial charge in [0.25, 0.3) is 0 Å². The van der Waals surface area contributed by atoms with Gasteiger partial charge in [0.15, 0.2) is 0 Å². The topological polar surface area (TPSA) is 72.5 Å². The van der Waals surface area contributed by atoms with Gasteiger partial charge < -0.3 is 15.8 Å². The minimum absolute atomic E-state index is 0.294. The molecule has 0 amide bonds. The lowest BCUT2D eigenvalue weighted by molar-refractivity contribution is 0.0876. The summed E-state index contributed by atoms with van der Waals surface area (Å²) in [6.45, 7) is 2.13. The van der Waals surface area contributed by atoms with Crippen molar-refractivity contribution in [3.63, 3.8) is 0 Å². The van der Waals surface area contributed by atoms with Crippen LogP contribution >= 0.6 is 0 Å². The van der Waals surface area contributed by atoms with Crippen LogP contribution in [0.25, 0.3) is 16.8 Å². The highest BCUT2D eigenvalue weighted by Crippen LogP contribution is 2.29. The molecule has 0 aliphatic carbocycles. The van der Waals surface area contributed by atoms with Crippen molar-refractivity contribution < 1.29 is 4.74 Å². The van der Waals surface area contributed by atoms with Gasteiger partial charge in [-0.1, -0.05) is 42.5 Å². The maximum Gasteiger partial charge on any atom is 0.0667 e. The maximum atomic E-state index is 6.51. The first-order chi connectivity index (χ1) is 15.3. The number of nitrogens with two attached hydrogens (primary N) is 1. The fourth-order valence-electron chi connectivity index (χ4n) is 3.67. The van der Waals surface area contributed by atoms with E-state index in [1.54, 1.807) is 12.4 Å². The Labute approximate surface area is 183 Å². The highest BCUT2D eigenvalue weighted by atomic mass is 16.5. The van der Waals surface area contributed by atoms with E-state index in [-0.39, 0.29) is 0 Å². The van der Waals surface area contributed by atoms with Crippen molar-refractivity contribution in [3.8, 4) is 11.1 Å². The number of pyridine rings is 1. The number of aromatic nitrogens is 1. The van der Waals surface area contributed by atoms with Crippen LogP contribution < -0.4 is 11.1 Å². The van der Waals surface area contributed by atoms with Gasteiger partial charge in [-0.3, -0.25) is 9.98 Å². The predicted molar refractivity (Wildman–Crippen MR) is 128 cm³/mol. The molecule has 0 radical (unpaired) electrons. The van der Waals surface area contributed by atoms with E-state index in [1.165, 1.54) is 0 Å². The van der Waals surface area contributed by atoms with Crippen LogP contribution in [0.1, 0.15) is 24.0 Å². The molecule has 1 aromatic heterocycles. The number of nitrogens with zero attached hydrogens (tertiary/aromatic N) is 2. The Balaban J connectivity index is 1.58. The Morgan fingerprint density at radius 1 is 1.13 bits per heavy atom. The largest absolute Gasteiger partial charge is 0.398 e. The summed E-state index contributed by atoms with van der Waals surface area (Å²) in [5.74, 6) is 0. The van der Waals surface area contributed by atoms with E-state index < -0.39 is 0 Å². The third-order valence-electron chi connectivity index (χ3n) is 5.31. The number of aliphatic imine (C=N–C) groups is 1. The summed E-state index contributed by atoms with van der Waals surface area (Å²) in [6, 6.07) is 20.9. The Bertz CT molecular complexity index is 1030. The molecule has 1 saturated heterocycles. The smallest absolute Gasteiger partial charge is 0.0667 e. The lowest BCUT2D eigenvalue weighted by Gasteiger charge is -2.25. The van der Waals surface area contributed by atoms with Crippen molar-refractivity contribution >= 4 is 17.6 Å². The van der Waals surface area contributed by atoms with E-state index in [0.717, 1.165) is 54.0 Å². The van der Waals surface area contributed by atoms with Gasteiger partial charge in [0.2, 0.25) is 0 Å². The fourth-order valence-corrected chi connectivity index (χ4v) is 3.67. The molecule has 4 rings (SSSR count). The number of nitrogens with one attached hydrogen (secondary N) is 1. The molecule has 158 valence electrons. The van der Waals surface area contributed by atoms with E-state index in [1.807, 2.05) is 42.6 Å². The van der Waals surface area contributed by atoms with Gasteiger partial charge in [-0.15, -0.1) is 0 Å². The van der Waals surface area contributed by atoms with Crippen molar-refractivity contribution in [2.24, 2.45) is 10.7 Å². The minimum Gasteiger partial charge on any atom is -0.398 e. The van der Waals surface area contributed by atoms with Gasteiger partial charge >= 0.3 is 0 Å². The van der Waals surface area contributed by atoms with Crippen LogP contribution in [0.5, 0.6) is 0 Å². The highest BCUT2D eigenvalue weighted by molar-refractivity contribution is 5.88. The van der Waals surface area contributed by atoms with Gasteiger partial charge in [0.05, 0.1) is 13.2 Å². The monoisotopic (exact) mass is 412 g/mol. The average Bonchev–Trinajstić information content (AvgIpc) is 2.84. The van der Waals surface area contributed by atoms with Crippen LogP contribution in [0.4, 0.5) is 5.69 Å². The van der Waals surface area contributed by atoms with Crippen LogP contribution in [0.3, 0.4) is 0 Å². The number of hydrogen-bond acceptors (Lipinski definition) is 5. The summed E-state index contributed by atoms with van der Waals surface area (Å²) in [6.07, 6.45) is 9.38. The molecule has 3 N–H and O–H groups in total. The number of ether oxygens (including phenoxy) is 1. The molecule has 0 saturated carbocycles. The van der Waals surface area contributed by atoms with Crippen molar-refractivity contribution in [2.75, 3.05) is 18.5 Å². The van der Waals surface area contributed by atoms with Gasteiger partial charge in [0, 0.05) is 48.2 Å². The van der Waals surface area contributed by atoms with Crippen molar-refractivity contribution in [2.45, 2.75) is 25.4 Å². The average molecular weight is 413 g/mol. The van der Waals surface area contributed by atoms with Crippen molar-refractivity contribution in [1.29, 1.82) is 0 Å². The number of allylic oxidation sites excluding steroid dienone is 1. The third kappa shape index (κ3) is 5.80. The molecule has 5 heteroatoms. The molecule has 1 aliphatic rings. The summed E-state index contributed by atoms with van der Waals surface area (Å²) < 4.78 is 5.63. The van der Waals surface area contributed by atoms with Crippen LogP contribution in [0.15, 0.2) is 84.1 Å². The van der Waals surface area contributed by atoms with Gasteiger partial charge in [-0.05, 0) is 53.8 Å². The number of benzene rings is 2. The van der Waals surface area contributed by atoms with Crippen LogP contribution in [0, 0.1) is 0 Å². The second kappa shape index (κ2) is 10.5. The van der Waals surface area contributed by atoms with E-state index in [9.17, 15) is 0 Å². The standard InChI is InChI=1S/C26H28N4O/c27-25(12-14-29-18-20-6-4-13-28-17-20)24-16-22(21-7-2-1-3-8-21)10-11-26(24)30-23-9-5-15-31-19-23/h1-4,6-8,10-14,16-17,23,30H,5,9,15,18-19,27H2/b25-12-,29-14?. The first-order valence-corrected chi connectivity index (χ1v) is 10.7. The number of hydrogen-bond donors (Lipinski definition) is 2. The van der Waals surface area contributed by atoms with E-state index in [2.05, 4.69) is 45.6 Å². The Hall–Kier alpha value is -3.44. The zero-order chi connectivity index (χ0) is 21.3. The number of anilines is 1. The lowest BCUT2D eigenvalue weighted by atomic mass is 9.99. The lowest BCUT2D eigenvalue weighted by Crippen LogP contribution is -2.30. The molecule has 1 aliphatic heterocycles. The first-order valence-electron chi connectivity index (χ1n) is 10.7. The second-order valence-electron chi connectivity index (χ2n) is 7.66. The molecule has 0 bridgehead atoms. The normalized spacial score (nSPS) is 17.0. The Kier molecular flexibility index (Phi) is 7.08. The molecular weight excluding hydrogens is 384 g/mol. The van der Waals surface area contributed by atoms with Gasteiger partial charge in [0.1, 0.15) is 0 Å². The molecule has 2 aromatic carbocycles. The third-order valence-corrected chi connectivity index (χ3v) is 5.31. The summed E-state index contributed by atoms with van der Waals surface area (Å²) in [5.41, 5.74) is 12.5. The molecule has 5 nitrogen and oxygen atoms in total. The second-order valence-corrected chi connectivity index (χ2v) is 7.66. The van der Waals surface area contributed by atoms with Crippen LogP contribution in [-0.4, -0.2) is 30.5 Å². The number of rotatable bonds is 7. The highest BCUT2D eigenvalue weighted by Gasteiger charge is 2.16. The Morgan fingerprint density at radius 3 is 2.81 bits per heavy atom. The van der Waals surface area contributed by atoms with E-state index >= 15 is 0 Å². The SMILES string of the molecule is N/C(=C\C=NCc1cccnc1)c1cc(-c2ccccc2)ccc1NC1CCCOC1. The fraction of sp³-hybridized carbons (Fsp3) is 0.231. The minimum atomic E-state index is 0.294. The first kappa shape index (κ1) is 20.8. The molecule has 0 spiro atoms. The molecule has 31 heavy (non-hydrogen) atoms. The van der Waals surface area contributed by atoms with Gasteiger partial charge in [-0.2, -0.15) is 0 Å². The zero-order valence-corrected chi connectivity index (χ0v) is 17.6. The quantitative estimate of drug-likeness (QED) is 0.541. The zero-order valence-electron chi connectivity index (χ0n) is 17.6. The van der Waals surface area contributed by atoms with Crippen LogP contribution in [0.2, 0.25) is 0 Å². The molecule has 2 heterocycles. The van der Waals surface area contributed by atoms with E-state index in [0.29, 0.717) is 18.3 Å². The summed E-state index contributed by atoms with van der Waals surface area (Å²) >= 11 is 0. The Morgan fingerprint density at radius 2 is 2.03 bits per heavy atom. The van der Waals surface area contributed by atoms with Crippen LogP contribution in [-0.2, 0) is 11.3 Å². The van der Waals surface area contributed by atoms with Gasteiger partial charge in [-0.25, -0.2) is 0 Å². The summed E-state index contributed by atoms with van der Waals surface area (Å²) in [4.78, 5) is 8.59.